The predicted octanol–water partition coefficient (Wildman–Crippen LogP) is 10.7. The molecule has 0 unspecified atom stereocenters. The van der Waals surface area contributed by atoms with Crippen molar-refractivity contribution >= 4 is 33.8 Å². The molecule has 0 aromatic heterocycles. The van der Waals surface area contributed by atoms with Crippen LogP contribution in [-0.4, -0.2) is 157 Å². The highest BCUT2D eigenvalue weighted by Gasteiger charge is 2.92. The van der Waals surface area contributed by atoms with Gasteiger partial charge in [0.1, 0.15) is 13.1 Å². The van der Waals surface area contributed by atoms with Crippen LogP contribution in [0.1, 0.15) is 25.7 Å². The van der Waals surface area contributed by atoms with Crippen LogP contribution in [0.2, 0.25) is 0 Å². The molecule has 0 N–H and O–H groups in total. The molecule has 32 heteroatoms. The largest absolute Gasteiger partial charge is 0.460 e. The van der Waals surface area contributed by atoms with Gasteiger partial charge in [0.25, 0.3) is 0 Å². The predicted molar refractivity (Wildman–Crippen MR) is 159 cm³/mol. The highest BCUT2D eigenvalue weighted by molar-refractivity contribution is 8.13. The van der Waals surface area contributed by atoms with Crippen LogP contribution in [0.3, 0.4) is 0 Å². The standard InChI is InChI=1S/C28H32F26N2O2S2/c1-55(2,13-15(57)59-11-7-17(29,30)19(33,34)21(37,38)23(41,42)25(45,46)27(49,50)51)9-5-6-10-56(3,4)14-16(58)60-12-8-18(31,32)20(35,36)22(39,40)24(43,44)26(47,48)28(52,53)54/h5-14H2,1-4H3/q+2. The summed E-state index contributed by atoms with van der Waals surface area (Å²) in [4.78, 5) is 24.5. The van der Waals surface area contributed by atoms with Crippen LogP contribution in [-0.2, 0) is 9.59 Å². The lowest BCUT2D eigenvalue weighted by Gasteiger charge is -2.39. The summed E-state index contributed by atoms with van der Waals surface area (Å²) < 4.78 is 344. The molecule has 0 atom stereocenters. The molecule has 0 aliphatic heterocycles. The van der Waals surface area contributed by atoms with Gasteiger partial charge in [-0.3, -0.25) is 9.59 Å². The van der Waals surface area contributed by atoms with Crippen molar-refractivity contribution in [2.24, 2.45) is 0 Å². The summed E-state index contributed by atoms with van der Waals surface area (Å²) in [6.07, 6.45) is -20.2. The maximum Gasteiger partial charge on any atom is 0.460 e. The molecular formula is C28H32F26N2O2S2+2. The molecule has 0 bridgehead atoms. The van der Waals surface area contributed by atoms with Gasteiger partial charge in [-0.1, -0.05) is 23.5 Å². The zero-order valence-electron chi connectivity index (χ0n) is 30.4. The molecule has 60 heavy (non-hydrogen) atoms. The number of likely N-dealkylation sites (N-methyl/N-ethyl adjacent to an activating group) is 2. The van der Waals surface area contributed by atoms with Crippen molar-refractivity contribution in [3.63, 3.8) is 0 Å². The smallest absolute Gasteiger partial charge is 0.322 e. The van der Waals surface area contributed by atoms with Crippen molar-refractivity contribution in [1.82, 2.24) is 0 Å². The summed E-state index contributed by atoms with van der Waals surface area (Å²) in [6.45, 7) is -1.38. The SMILES string of the molecule is C[N+](C)(CCCC[N+](C)(C)CC(=O)SCCC(F)(F)C(F)(F)C(F)(F)C(F)(F)C(F)(F)C(F)(F)F)CC(=O)SCCC(F)(F)C(F)(F)C(F)(F)C(F)(F)C(F)(F)C(F)(F)F. The van der Waals surface area contributed by atoms with Crippen LogP contribution in [0.25, 0.3) is 0 Å². The van der Waals surface area contributed by atoms with E-state index in [1.54, 1.807) is 0 Å². The Bertz CT molecular complexity index is 1370. The molecule has 0 saturated carbocycles. The second-order valence-corrected chi connectivity index (χ2v) is 16.6. The molecule has 358 valence electrons. The Morgan fingerprint density at radius 2 is 0.583 bits per heavy atom. The maximum absolute atomic E-state index is 14.0. The van der Waals surface area contributed by atoms with E-state index in [4.69, 9.17) is 0 Å². The van der Waals surface area contributed by atoms with E-state index in [2.05, 4.69) is 0 Å². The van der Waals surface area contributed by atoms with E-state index >= 15 is 0 Å². The Labute approximate surface area is 329 Å². The number of hydrogen-bond acceptors (Lipinski definition) is 4. The average Bonchev–Trinajstić information content (AvgIpc) is 3.00. The number of carbonyl (C=O) groups excluding carboxylic acids is 2. The van der Waals surface area contributed by atoms with Gasteiger partial charge >= 0.3 is 71.6 Å². The molecule has 4 nitrogen and oxygen atoms in total. The van der Waals surface area contributed by atoms with Gasteiger partial charge in [0.05, 0.1) is 41.3 Å². The molecule has 0 aliphatic rings. The summed E-state index contributed by atoms with van der Waals surface area (Å²) >= 11 is -0.528. The van der Waals surface area contributed by atoms with E-state index in [0.29, 0.717) is 0 Å². The van der Waals surface area contributed by atoms with Crippen LogP contribution in [0, 0.1) is 0 Å². The number of nitrogens with zero attached hydrogens (tertiary/aromatic N) is 2. The molecule has 0 radical (unpaired) electrons. The number of alkyl halides is 26. The normalized spacial score (nSPS) is 15.8. The monoisotopic (exact) mass is 986 g/mol. The van der Waals surface area contributed by atoms with Crippen molar-refractivity contribution in [3.8, 4) is 0 Å². The summed E-state index contributed by atoms with van der Waals surface area (Å²) in [5.74, 6) is -78.9. The van der Waals surface area contributed by atoms with Gasteiger partial charge in [0.15, 0.2) is 0 Å². The van der Waals surface area contributed by atoms with Crippen molar-refractivity contribution in [1.29, 1.82) is 0 Å². The molecule has 0 aromatic carbocycles. The first-order valence-electron chi connectivity index (χ1n) is 15.8. The van der Waals surface area contributed by atoms with Crippen molar-refractivity contribution in [3.05, 3.63) is 0 Å². The Morgan fingerprint density at radius 1 is 0.367 bits per heavy atom. The minimum absolute atomic E-state index is 0.0280. The molecule has 0 saturated heterocycles. The third-order valence-corrected chi connectivity index (χ3v) is 9.96. The van der Waals surface area contributed by atoms with Crippen molar-refractivity contribution in [2.75, 3.05) is 65.9 Å². The highest BCUT2D eigenvalue weighted by atomic mass is 32.2. The highest BCUT2D eigenvalue weighted by Crippen LogP contribution is 2.62. The molecule has 0 spiro atoms. The van der Waals surface area contributed by atoms with Gasteiger partial charge in [0, 0.05) is 37.2 Å². The number of unbranched alkanes of at least 4 members (excludes halogenated alkanes) is 1. The quantitative estimate of drug-likeness (QED) is 0.0581. The zero-order valence-corrected chi connectivity index (χ0v) is 32.1. The van der Waals surface area contributed by atoms with Crippen LogP contribution < -0.4 is 0 Å². The second kappa shape index (κ2) is 18.0. The van der Waals surface area contributed by atoms with E-state index in [-0.39, 0.29) is 58.4 Å². The Morgan fingerprint density at radius 3 is 0.800 bits per heavy atom. The first-order chi connectivity index (χ1) is 25.9. The fraction of sp³-hybridized carbons (Fsp3) is 0.929. The summed E-state index contributed by atoms with van der Waals surface area (Å²) in [7, 11) is 5.18. The third kappa shape index (κ3) is 11.6. The lowest BCUT2D eigenvalue weighted by atomic mass is 9.93. The number of carbonyl (C=O) groups is 2. The number of hydrogen-bond donors (Lipinski definition) is 0. The summed E-state index contributed by atoms with van der Waals surface area (Å²) in [6, 6.07) is 0. The fourth-order valence-corrected chi connectivity index (χ4v) is 6.59. The fourth-order valence-electron chi connectivity index (χ4n) is 4.53. The lowest BCUT2D eigenvalue weighted by molar-refractivity contribution is -0.888. The number of rotatable bonds is 23. The van der Waals surface area contributed by atoms with E-state index in [9.17, 15) is 124 Å². The lowest BCUT2D eigenvalue weighted by Crippen LogP contribution is -2.70. The Kier molecular flexibility index (Phi) is 17.4. The van der Waals surface area contributed by atoms with Crippen molar-refractivity contribution < 1.29 is 133 Å². The van der Waals surface area contributed by atoms with E-state index < -0.39 is 119 Å². The third-order valence-electron chi connectivity index (χ3n) is 8.25. The minimum Gasteiger partial charge on any atom is -0.322 e. The second-order valence-electron chi connectivity index (χ2n) is 14.3. The number of thioether (sulfide) groups is 2. The molecule has 0 rings (SSSR count). The maximum atomic E-state index is 14.0. The average molecular weight is 987 g/mol. The van der Waals surface area contributed by atoms with Gasteiger partial charge in [-0.25, -0.2) is 0 Å². The van der Waals surface area contributed by atoms with Gasteiger partial charge in [-0.15, -0.1) is 0 Å². The number of halogens is 26. The van der Waals surface area contributed by atoms with Gasteiger partial charge < -0.3 is 8.97 Å². The van der Waals surface area contributed by atoms with Gasteiger partial charge in [-0.05, 0) is 0 Å². The van der Waals surface area contributed by atoms with Gasteiger partial charge in [-0.2, -0.15) is 114 Å². The molecular weight excluding hydrogens is 954 g/mol. The first kappa shape index (κ1) is 58.1. The summed E-state index contributed by atoms with van der Waals surface area (Å²) in [5, 5.41) is -2.28. The molecule has 0 aromatic rings. The van der Waals surface area contributed by atoms with Crippen LogP contribution in [0.5, 0.6) is 0 Å². The van der Waals surface area contributed by atoms with E-state index in [1.807, 2.05) is 0 Å². The van der Waals surface area contributed by atoms with Crippen molar-refractivity contribution in [2.45, 2.75) is 97.3 Å². The number of quaternary nitrogens is 2. The van der Waals surface area contributed by atoms with E-state index in [1.165, 1.54) is 28.2 Å². The minimum atomic E-state index is -8.08. The first-order valence-corrected chi connectivity index (χ1v) is 17.7. The van der Waals surface area contributed by atoms with Gasteiger partial charge in [0.2, 0.25) is 10.2 Å². The molecule has 0 fully saturated rings. The van der Waals surface area contributed by atoms with Crippen LogP contribution in [0.4, 0.5) is 114 Å². The van der Waals surface area contributed by atoms with E-state index in [0.717, 1.165) is 0 Å². The zero-order chi connectivity index (χ0) is 48.6. The van der Waals surface area contributed by atoms with Crippen LogP contribution in [0.15, 0.2) is 0 Å². The molecule has 0 heterocycles. The Balaban J connectivity index is 5.21. The molecule has 0 amide bonds. The Hall–Kier alpha value is -1.86. The van der Waals surface area contributed by atoms with Crippen LogP contribution >= 0.6 is 23.5 Å². The topological polar surface area (TPSA) is 34.1 Å². The summed E-state index contributed by atoms with van der Waals surface area (Å²) in [5.41, 5.74) is 0. The molecule has 0 aliphatic carbocycles.